The zero-order chi connectivity index (χ0) is 20.3. The largest absolute Gasteiger partial charge is 0.493 e. The van der Waals surface area contributed by atoms with E-state index in [1.54, 1.807) is 20.4 Å². The molecule has 160 valence electrons. The quantitative estimate of drug-likeness (QED) is 0.519. The maximum atomic E-state index is 6.12. The van der Waals surface area contributed by atoms with Crippen molar-refractivity contribution in [3.63, 3.8) is 0 Å². The average Bonchev–Trinajstić information content (AvgIpc) is 3.42. The van der Waals surface area contributed by atoms with E-state index in [0.717, 1.165) is 62.8 Å². The van der Waals surface area contributed by atoms with Gasteiger partial charge in [0.15, 0.2) is 11.5 Å². The Labute approximate surface area is 174 Å². The Hall–Kier alpha value is -2.09. The van der Waals surface area contributed by atoms with Crippen molar-refractivity contribution in [3.05, 3.63) is 42.5 Å². The molecule has 1 atom stereocenters. The summed E-state index contributed by atoms with van der Waals surface area (Å²) >= 11 is 0. The SMILES string of the molecule is COCCN1CCC(CNCc2cccc(OC)c2OCCCn2ccnc2)C1. The van der Waals surface area contributed by atoms with Gasteiger partial charge in [-0.25, -0.2) is 4.98 Å². The van der Waals surface area contributed by atoms with Crippen LogP contribution in [-0.2, 0) is 17.8 Å². The molecule has 2 aromatic rings. The molecule has 0 amide bonds. The van der Waals surface area contributed by atoms with E-state index in [0.29, 0.717) is 12.5 Å². The lowest BCUT2D eigenvalue weighted by molar-refractivity contribution is 0.159. The maximum Gasteiger partial charge on any atom is 0.165 e. The van der Waals surface area contributed by atoms with E-state index in [1.807, 2.05) is 24.7 Å². The molecule has 1 aromatic heterocycles. The Balaban J connectivity index is 1.46. The van der Waals surface area contributed by atoms with Gasteiger partial charge in [0.05, 0.1) is 26.7 Å². The van der Waals surface area contributed by atoms with Gasteiger partial charge in [-0.3, -0.25) is 0 Å². The number of nitrogens with zero attached hydrogens (tertiary/aromatic N) is 3. The van der Waals surface area contributed by atoms with Crippen molar-refractivity contribution in [2.45, 2.75) is 25.9 Å². The lowest BCUT2D eigenvalue weighted by atomic mass is 10.1. The molecule has 7 heteroatoms. The molecule has 1 aliphatic rings. The zero-order valence-corrected chi connectivity index (χ0v) is 17.7. The van der Waals surface area contributed by atoms with Crippen LogP contribution in [0.5, 0.6) is 11.5 Å². The third-order valence-electron chi connectivity index (χ3n) is 5.38. The molecule has 29 heavy (non-hydrogen) atoms. The lowest BCUT2D eigenvalue weighted by Gasteiger charge is -2.17. The monoisotopic (exact) mass is 402 g/mol. The summed E-state index contributed by atoms with van der Waals surface area (Å²) in [4.78, 5) is 6.55. The van der Waals surface area contributed by atoms with Gasteiger partial charge in [0.1, 0.15) is 0 Å². The van der Waals surface area contributed by atoms with Crippen LogP contribution in [-0.4, -0.2) is 68.1 Å². The Kier molecular flexibility index (Phi) is 8.80. The van der Waals surface area contributed by atoms with Crippen LogP contribution in [0.15, 0.2) is 36.9 Å². The molecule has 1 saturated heterocycles. The Bertz CT molecular complexity index is 708. The Morgan fingerprint density at radius 2 is 2.14 bits per heavy atom. The smallest absolute Gasteiger partial charge is 0.165 e. The van der Waals surface area contributed by atoms with Crippen molar-refractivity contribution in [2.75, 3.05) is 53.6 Å². The standard InChI is InChI=1S/C22H34N4O3/c1-27-14-12-25-10-7-19(17-25)15-24-16-20-5-3-6-21(28-2)22(20)29-13-4-9-26-11-8-23-18-26/h3,5-6,8,11,18-19,24H,4,7,9-10,12-17H2,1-2H3. The summed E-state index contributed by atoms with van der Waals surface area (Å²) in [5, 5.41) is 3.62. The molecule has 7 nitrogen and oxygen atoms in total. The highest BCUT2D eigenvalue weighted by molar-refractivity contribution is 5.46. The van der Waals surface area contributed by atoms with E-state index in [4.69, 9.17) is 14.2 Å². The van der Waals surface area contributed by atoms with Crippen LogP contribution in [0, 0.1) is 5.92 Å². The molecule has 1 aliphatic heterocycles. The minimum absolute atomic E-state index is 0.642. The second-order valence-electron chi connectivity index (χ2n) is 7.53. The second-order valence-corrected chi connectivity index (χ2v) is 7.53. The maximum absolute atomic E-state index is 6.12. The van der Waals surface area contributed by atoms with Crippen LogP contribution in [0.25, 0.3) is 0 Å². The van der Waals surface area contributed by atoms with E-state index >= 15 is 0 Å². The second kappa shape index (κ2) is 11.8. The van der Waals surface area contributed by atoms with Gasteiger partial charge < -0.3 is 29.0 Å². The van der Waals surface area contributed by atoms with E-state index in [2.05, 4.69) is 25.8 Å². The summed E-state index contributed by atoms with van der Waals surface area (Å²) in [6.45, 7) is 7.48. The first-order valence-electron chi connectivity index (χ1n) is 10.5. The van der Waals surface area contributed by atoms with Crippen molar-refractivity contribution in [3.8, 4) is 11.5 Å². The fourth-order valence-electron chi connectivity index (χ4n) is 3.78. The predicted molar refractivity (Wildman–Crippen MR) is 113 cm³/mol. The van der Waals surface area contributed by atoms with Gasteiger partial charge in [-0.2, -0.15) is 0 Å². The van der Waals surface area contributed by atoms with Crippen LogP contribution in [0.2, 0.25) is 0 Å². The number of likely N-dealkylation sites (tertiary alicyclic amines) is 1. The molecular formula is C22H34N4O3. The summed E-state index contributed by atoms with van der Waals surface area (Å²) < 4.78 is 18.9. The summed E-state index contributed by atoms with van der Waals surface area (Å²) in [6, 6.07) is 6.09. The molecule has 0 bridgehead atoms. The highest BCUT2D eigenvalue weighted by Crippen LogP contribution is 2.31. The lowest BCUT2D eigenvalue weighted by Crippen LogP contribution is -2.28. The molecule has 1 N–H and O–H groups in total. The Morgan fingerprint density at radius 1 is 1.21 bits per heavy atom. The number of aryl methyl sites for hydroxylation is 1. The molecule has 0 saturated carbocycles. The van der Waals surface area contributed by atoms with Crippen LogP contribution in [0.3, 0.4) is 0 Å². The molecule has 1 aromatic carbocycles. The highest BCUT2D eigenvalue weighted by atomic mass is 16.5. The molecule has 3 rings (SSSR count). The first-order chi connectivity index (χ1) is 14.3. The van der Waals surface area contributed by atoms with Gasteiger partial charge in [0.25, 0.3) is 0 Å². The summed E-state index contributed by atoms with van der Waals surface area (Å²) in [5.74, 6) is 2.33. The van der Waals surface area contributed by atoms with Gasteiger partial charge >= 0.3 is 0 Å². The number of benzene rings is 1. The fourth-order valence-corrected chi connectivity index (χ4v) is 3.78. The third-order valence-corrected chi connectivity index (χ3v) is 5.38. The number of nitrogens with one attached hydrogen (secondary N) is 1. The number of ether oxygens (including phenoxy) is 3. The number of methoxy groups -OCH3 is 2. The molecule has 0 spiro atoms. The summed E-state index contributed by atoms with van der Waals surface area (Å²) in [6.07, 6.45) is 7.76. The number of para-hydroxylation sites is 1. The Morgan fingerprint density at radius 3 is 2.93 bits per heavy atom. The van der Waals surface area contributed by atoms with Crippen molar-refractivity contribution >= 4 is 0 Å². The van der Waals surface area contributed by atoms with Crippen molar-refractivity contribution in [2.24, 2.45) is 5.92 Å². The topological polar surface area (TPSA) is 60.8 Å². The number of aromatic nitrogens is 2. The van der Waals surface area contributed by atoms with E-state index < -0.39 is 0 Å². The van der Waals surface area contributed by atoms with E-state index in [1.165, 1.54) is 13.0 Å². The molecular weight excluding hydrogens is 368 g/mol. The number of rotatable bonds is 13. The first kappa shape index (κ1) is 21.6. The first-order valence-corrected chi connectivity index (χ1v) is 10.5. The molecule has 2 heterocycles. The van der Waals surface area contributed by atoms with Crippen LogP contribution in [0.1, 0.15) is 18.4 Å². The van der Waals surface area contributed by atoms with Crippen LogP contribution < -0.4 is 14.8 Å². The van der Waals surface area contributed by atoms with Gasteiger partial charge in [0, 0.05) is 51.2 Å². The van der Waals surface area contributed by atoms with Crippen molar-refractivity contribution in [1.29, 1.82) is 0 Å². The van der Waals surface area contributed by atoms with Gasteiger partial charge in [-0.1, -0.05) is 12.1 Å². The molecule has 0 aliphatic carbocycles. The van der Waals surface area contributed by atoms with E-state index in [9.17, 15) is 0 Å². The summed E-state index contributed by atoms with van der Waals surface area (Å²) in [7, 11) is 3.46. The van der Waals surface area contributed by atoms with Crippen molar-refractivity contribution in [1.82, 2.24) is 19.8 Å². The number of imidazole rings is 1. The minimum Gasteiger partial charge on any atom is -0.493 e. The number of hydrogen-bond donors (Lipinski definition) is 1. The average molecular weight is 403 g/mol. The zero-order valence-electron chi connectivity index (χ0n) is 17.7. The minimum atomic E-state index is 0.642. The molecule has 1 fully saturated rings. The van der Waals surface area contributed by atoms with Gasteiger partial charge in [0.2, 0.25) is 0 Å². The normalized spacial score (nSPS) is 17.0. The van der Waals surface area contributed by atoms with E-state index in [-0.39, 0.29) is 0 Å². The number of hydrogen-bond acceptors (Lipinski definition) is 6. The van der Waals surface area contributed by atoms with Gasteiger partial charge in [-0.15, -0.1) is 0 Å². The predicted octanol–water partition coefficient (Wildman–Crippen LogP) is 2.42. The van der Waals surface area contributed by atoms with Crippen LogP contribution >= 0.6 is 0 Å². The molecule has 1 unspecified atom stereocenters. The third kappa shape index (κ3) is 6.73. The van der Waals surface area contributed by atoms with Crippen LogP contribution in [0.4, 0.5) is 0 Å². The van der Waals surface area contributed by atoms with Crippen molar-refractivity contribution < 1.29 is 14.2 Å². The molecule has 0 radical (unpaired) electrons. The highest BCUT2D eigenvalue weighted by Gasteiger charge is 2.21. The summed E-state index contributed by atoms with van der Waals surface area (Å²) in [5.41, 5.74) is 1.14. The fraction of sp³-hybridized carbons (Fsp3) is 0.591. The van der Waals surface area contributed by atoms with Gasteiger partial charge in [-0.05, 0) is 37.9 Å².